The number of hydrogen-bond donors (Lipinski definition) is 1. The molecule has 0 bridgehead atoms. The van der Waals surface area contributed by atoms with Crippen molar-refractivity contribution in [3.8, 4) is 17.5 Å². The minimum Gasteiger partial charge on any atom is -0.421 e. The van der Waals surface area contributed by atoms with Gasteiger partial charge in [-0.15, -0.1) is 10.2 Å². The SMILES string of the molecule is Cc1nnc(-c2ccc(C[C@@H](C#N)N3CCO[C@H](C(N)=O)C3)cc2)o1. The zero-order chi connectivity index (χ0) is 17.8. The van der Waals surface area contributed by atoms with E-state index in [4.69, 9.17) is 14.9 Å². The molecule has 130 valence electrons. The van der Waals surface area contributed by atoms with E-state index in [0.717, 1.165) is 11.1 Å². The minimum atomic E-state index is -0.659. The summed E-state index contributed by atoms with van der Waals surface area (Å²) in [5.41, 5.74) is 7.14. The second kappa shape index (κ2) is 7.42. The highest BCUT2D eigenvalue weighted by molar-refractivity contribution is 5.79. The van der Waals surface area contributed by atoms with Crippen LogP contribution in [0.15, 0.2) is 28.7 Å². The van der Waals surface area contributed by atoms with Gasteiger partial charge < -0.3 is 14.9 Å². The van der Waals surface area contributed by atoms with E-state index < -0.39 is 12.0 Å². The van der Waals surface area contributed by atoms with E-state index in [-0.39, 0.29) is 6.04 Å². The van der Waals surface area contributed by atoms with Crippen LogP contribution in [0.25, 0.3) is 11.5 Å². The molecule has 3 rings (SSSR count). The zero-order valence-electron chi connectivity index (χ0n) is 13.9. The number of morpholine rings is 1. The third-order valence-corrected chi connectivity index (χ3v) is 4.16. The van der Waals surface area contributed by atoms with Crippen molar-refractivity contribution >= 4 is 5.91 Å². The Morgan fingerprint density at radius 1 is 1.44 bits per heavy atom. The maximum atomic E-state index is 11.3. The van der Waals surface area contributed by atoms with Crippen molar-refractivity contribution in [1.82, 2.24) is 15.1 Å². The number of nitrogens with two attached hydrogens (primary N) is 1. The van der Waals surface area contributed by atoms with E-state index in [0.29, 0.717) is 37.9 Å². The van der Waals surface area contributed by atoms with Crippen LogP contribution in [0.3, 0.4) is 0 Å². The fourth-order valence-corrected chi connectivity index (χ4v) is 2.80. The number of hydrogen-bond acceptors (Lipinski definition) is 7. The van der Waals surface area contributed by atoms with Crippen molar-refractivity contribution in [1.29, 1.82) is 5.26 Å². The van der Waals surface area contributed by atoms with Crippen LogP contribution in [0.5, 0.6) is 0 Å². The van der Waals surface area contributed by atoms with Crippen molar-refractivity contribution in [2.75, 3.05) is 19.7 Å². The van der Waals surface area contributed by atoms with Gasteiger partial charge in [0.15, 0.2) is 0 Å². The van der Waals surface area contributed by atoms with Crippen molar-refractivity contribution in [3.05, 3.63) is 35.7 Å². The Morgan fingerprint density at radius 2 is 2.20 bits per heavy atom. The van der Waals surface area contributed by atoms with Crippen LogP contribution in [0.4, 0.5) is 0 Å². The average molecular weight is 341 g/mol. The quantitative estimate of drug-likeness (QED) is 0.849. The molecule has 8 heteroatoms. The summed E-state index contributed by atoms with van der Waals surface area (Å²) in [5.74, 6) is 0.485. The van der Waals surface area contributed by atoms with Crippen LogP contribution in [0.1, 0.15) is 11.5 Å². The normalized spacial score (nSPS) is 19.3. The molecule has 1 aliphatic heterocycles. The molecule has 2 N–H and O–H groups in total. The summed E-state index contributed by atoms with van der Waals surface area (Å²) in [4.78, 5) is 13.2. The van der Waals surface area contributed by atoms with Gasteiger partial charge in [0.25, 0.3) is 0 Å². The predicted molar refractivity (Wildman–Crippen MR) is 88.1 cm³/mol. The molecule has 1 aliphatic rings. The second-order valence-electron chi connectivity index (χ2n) is 5.93. The Bertz CT molecular complexity index is 780. The highest BCUT2D eigenvalue weighted by Gasteiger charge is 2.29. The highest BCUT2D eigenvalue weighted by atomic mass is 16.5. The summed E-state index contributed by atoms with van der Waals surface area (Å²) in [7, 11) is 0. The molecule has 1 fully saturated rings. The standard InChI is InChI=1S/C17H19N5O3/c1-11-20-21-17(25-11)13-4-2-12(3-5-13)8-14(9-18)22-6-7-24-15(10-22)16(19)23/h2-5,14-15H,6-8,10H2,1H3,(H2,19,23)/t14-,15-/m0/s1. The lowest BCUT2D eigenvalue weighted by Gasteiger charge is -2.34. The van der Waals surface area contributed by atoms with Gasteiger partial charge >= 0.3 is 0 Å². The Morgan fingerprint density at radius 3 is 2.80 bits per heavy atom. The lowest BCUT2D eigenvalue weighted by molar-refractivity contribution is -0.135. The molecule has 0 radical (unpaired) electrons. The molecule has 1 aromatic carbocycles. The molecule has 0 spiro atoms. The van der Waals surface area contributed by atoms with Crippen LogP contribution in [0, 0.1) is 18.3 Å². The number of ether oxygens (including phenoxy) is 1. The second-order valence-corrected chi connectivity index (χ2v) is 5.93. The number of carbonyl (C=O) groups is 1. The summed E-state index contributed by atoms with van der Waals surface area (Å²) in [6, 6.07) is 9.62. The highest BCUT2D eigenvalue weighted by Crippen LogP contribution is 2.20. The molecule has 0 aliphatic carbocycles. The monoisotopic (exact) mass is 341 g/mol. The summed E-state index contributed by atoms with van der Waals surface area (Å²) in [6.07, 6.45) is -0.113. The van der Waals surface area contributed by atoms with Crippen LogP contribution in [0.2, 0.25) is 0 Å². The van der Waals surface area contributed by atoms with E-state index in [1.165, 1.54) is 0 Å². The van der Waals surface area contributed by atoms with Crippen molar-refractivity contribution in [2.24, 2.45) is 5.73 Å². The molecule has 0 saturated carbocycles. The first-order valence-electron chi connectivity index (χ1n) is 8.01. The van der Waals surface area contributed by atoms with Gasteiger partial charge in [0, 0.05) is 32.0 Å². The molecule has 25 heavy (non-hydrogen) atoms. The summed E-state index contributed by atoms with van der Waals surface area (Å²) in [6.45, 7) is 3.07. The third-order valence-electron chi connectivity index (χ3n) is 4.16. The zero-order valence-corrected chi connectivity index (χ0v) is 13.9. The van der Waals surface area contributed by atoms with Crippen LogP contribution >= 0.6 is 0 Å². The molecular weight excluding hydrogens is 322 g/mol. The third kappa shape index (κ3) is 4.02. The number of nitrogens with zero attached hydrogens (tertiary/aromatic N) is 4. The maximum Gasteiger partial charge on any atom is 0.247 e. The number of carbonyl (C=O) groups excluding carboxylic acids is 1. The van der Waals surface area contributed by atoms with Crippen LogP contribution < -0.4 is 5.73 Å². The summed E-state index contributed by atoms with van der Waals surface area (Å²) >= 11 is 0. The lowest BCUT2D eigenvalue weighted by Crippen LogP contribution is -2.52. The van der Waals surface area contributed by atoms with Gasteiger partial charge in [0.1, 0.15) is 12.1 Å². The Hall–Kier alpha value is -2.76. The molecule has 2 aromatic rings. The Labute approximate surface area is 145 Å². The topological polar surface area (TPSA) is 118 Å². The van der Waals surface area contributed by atoms with E-state index >= 15 is 0 Å². The molecule has 1 saturated heterocycles. The van der Waals surface area contributed by atoms with E-state index in [1.54, 1.807) is 6.92 Å². The Kier molecular flexibility index (Phi) is 5.07. The molecule has 0 unspecified atom stereocenters. The van der Waals surface area contributed by atoms with E-state index in [1.807, 2.05) is 29.2 Å². The fourth-order valence-electron chi connectivity index (χ4n) is 2.80. The number of nitriles is 1. The molecular formula is C17H19N5O3. The number of aryl methyl sites for hydroxylation is 1. The number of rotatable bonds is 5. The maximum absolute atomic E-state index is 11.3. The molecule has 2 heterocycles. The fraction of sp³-hybridized carbons (Fsp3) is 0.412. The van der Waals surface area contributed by atoms with Gasteiger partial charge in [-0.2, -0.15) is 5.26 Å². The molecule has 1 aromatic heterocycles. The van der Waals surface area contributed by atoms with Gasteiger partial charge in [-0.05, 0) is 17.7 Å². The summed E-state index contributed by atoms with van der Waals surface area (Å²) < 4.78 is 10.7. The minimum absolute atomic E-state index is 0.340. The van der Waals surface area contributed by atoms with Crippen molar-refractivity contribution < 1.29 is 13.9 Å². The summed E-state index contributed by atoms with van der Waals surface area (Å²) in [5, 5.41) is 17.3. The van der Waals surface area contributed by atoms with Gasteiger partial charge in [-0.1, -0.05) is 12.1 Å². The predicted octanol–water partition coefficient (Wildman–Crippen LogP) is 0.666. The number of amides is 1. The number of benzene rings is 1. The first-order valence-corrected chi connectivity index (χ1v) is 8.01. The Balaban J connectivity index is 1.67. The largest absolute Gasteiger partial charge is 0.421 e. The first-order chi connectivity index (χ1) is 12.1. The lowest BCUT2D eigenvalue weighted by atomic mass is 10.0. The van der Waals surface area contributed by atoms with E-state index in [9.17, 15) is 10.1 Å². The van der Waals surface area contributed by atoms with Gasteiger partial charge in [-0.3, -0.25) is 9.69 Å². The van der Waals surface area contributed by atoms with E-state index in [2.05, 4.69) is 16.3 Å². The van der Waals surface area contributed by atoms with Crippen LogP contribution in [-0.2, 0) is 16.0 Å². The van der Waals surface area contributed by atoms with Gasteiger partial charge in [0.05, 0.1) is 12.7 Å². The average Bonchev–Trinajstić information content (AvgIpc) is 3.06. The number of primary amides is 1. The smallest absolute Gasteiger partial charge is 0.247 e. The first kappa shape index (κ1) is 17.1. The van der Waals surface area contributed by atoms with Crippen molar-refractivity contribution in [3.63, 3.8) is 0 Å². The van der Waals surface area contributed by atoms with Crippen LogP contribution in [-0.4, -0.2) is 52.8 Å². The number of aromatic nitrogens is 2. The molecule has 8 nitrogen and oxygen atoms in total. The molecule has 2 atom stereocenters. The molecule has 1 amide bonds. The van der Waals surface area contributed by atoms with Crippen molar-refractivity contribution in [2.45, 2.75) is 25.5 Å². The van der Waals surface area contributed by atoms with Gasteiger partial charge in [0.2, 0.25) is 17.7 Å². The van der Waals surface area contributed by atoms with Gasteiger partial charge in [-0.25, -0.2) is 0 Å².